The van der Waals surface area contributed by atoms with E-state index in [2.05, 4.69) is 25.6 Å². The van der Waals surface area contributed by atoms with Crippen molar-refractivity contribution >= 4 is 42.5 Å². The van der Waals surface area contributed by atoms with E-state index in [4.69, 9.17) is 9.47 Å². The quantitative estimate of drug-likeness (QED) is 0.522. The summed E-state index contributed by atoms with van der Waals surface area (Å²) in [5.41, 5.74) is 3.50. The van der Waals surface area contributed by atoms with Crippen LogP contribution >= 0.6 is 15.9 Å². The maximum atomic E-state index is 13.0. The molecule has 1 aliphatic heterocycles. The minimum absolute atomic E-state index is 0.193. The molecule has 3 aromatic rings. The molecule has 31 heavy (non-hydrogen) atoms. The molecule has 1 N–H and O–H groups in total. The summed E-state index contributed by atoms with van der Waals surface area (Å²) in [5.74, 6) is 1.05. The number of fused-ring (bicyclic) bond motifs is 2. The van der Waals surface area contributed by atoms with Crippen LogP contribution in [0, 0.1) is 13.8 Å². The zero-order valence-corrected chi connectivity index (χ0v) is 20.5. The van der Waals surface area contributed by atoms with E-state index < -0.39 is 21.5 Å². The third-order valence-corrected chi connectivity index (χ3v) is 7.72. The second-order valence-corrected chi connectivity index (χ2v) is 11.1. The molecular formula is C23H25BrN2O4S. The molecule has 1 unspecified atom stereocenters. The minimum atomic E-state index is -3.67. The van der Waals surface area contributed by atoms with E-state index in [-0.39, 0.29) is 5.75 Å². The highest BCUT2D eigenvalue weighted by Crippen LogP contribution is 2.54. The summed E-state index contributed by atoms with van der Waals surface area (Å²) < 4.78 is 41.5. The molecule has 0 saturated heterocycles. The van der Waals surface area contributed by atoms with E-state index >= 15 is 0 Å². The Balaban J connectivity index is 1.72. The molecule has 0 radical (unpaired) electrons. The average Bonchev–Trinajstić information content (AvgIpc) is 2.92. The number of aryl methyl sites for hydroxylation is 2. The predicted octanol–water partition coefficient (Wildman–Crippen LogP) is 5.10. The number of pyridine rings is 1. The molecule has 4 rings (SSSR count). The standard InChI is InChI=1S/C23H25BrN2O4S/c1-13-9-14(2)11-15(10-13)26-31(27,28)12-17-23(3,4)18-21(29-5)16-7-6-8-25-20(16)19(24)22(18)30-17/h6-11,17,26H,12H2,1-5H3. The van der Waals surface area contributed by atoms with Gasteiger partial charge in [-0.3, -0.25) is 9.71 Å². The summed E-state index contributed by atoms with van der Waals surface area (Å²) in [5, 5.41) is 0.851. The minimum Gasteiger partial charge on any atom is -0.496 e. The fraction of sp³-hybridized carbons (Fsp3) is 0.348. The smallest absolute Gasteiger partial charge is 0.236 e. The second kappa shape index (κ2) is 7.67. The van der Waals surface area contributed by atoms with Gasteiger partial charge in [-0.15, -0.1) is 0 Å². The Morgan fingerprint density at radius 3 is 2.55 bits per heavy atom. The van der Waals surface area contributed by atoms with E-state index in [1.807, 2.05) is 58.0 Å². The van der Waals surface area contributed by atoms with Gasteiger partial charge in [-0.1, -0.05) is 19.9 Å². The van der Waals surface area contributed by atoms with E-state index in [0.717, 1.165) is 22.1 Å². The molecule has 0 aliphatic carbocycles. The molecule has 1 atom stereocenters. The number of halogens is 1. The summed E-state index contributed by atoms with van der Waals surface area (Å²) >= 11 is 3.62. The van der Waals surface area contributed by atoms with E-state index in [1.54, 1.807) is 13.3 Å². The Hall–Kier alpha value is -2.32. The molecule has 8 heteroatoms. The fourth-order valence-electron chi connectivity index (χ4n) is 4.27. The summed E-state index contributed by atoms with van der Waals surface area (Å²) in [6, 6.07) is 9.42. The topological polar surface area (TPSA) is 77.5 Å². The second-order valence-electron chi connectivity index (χ2n) is 8.54. The van der Waals surface area contributed by atoms with Crippen LogP contribution in [0.5, 0.6) is 11.5 Å². The Bertz CT molecular complexity index is 1270. The van der Waals surface area contributed by atoms with Gasteiger partial charge in [-0.2, -0.15) is 0 Å². The Morgan fingerprint density at radius 1 is 1.23 bits per heavy atom. The van der Waals surface area contributed by atoms with E-state index in [1.165, 1.54) is 0 Å². The van der Waals surface area contributed by atoms with Gasteiger partial charge in [0.2, 0.25) is 10.0 Å². The maximum Gasteiger partial charge on any atom is 0.236 e. The van der Waals surface area contributed by atoms with Crippen molar-refractivity contribution in [3.63, 3.8) is 0 Å². The van der Waals surface area contributed by atoms with Gasteiger partial charge >= 0.3 is 0 Å². The molecule has 6 nitrogen and oxygen atoms in total. The van der Waals surface area contributed by atoms with Crippen LogP contribution in [0.3, 0.4) is 0 Å². The number of ether oxygens (including phenoxy) is 2. The normalized spacial score (nSPS) is 17.3. The lowest BCUT2D eigenvalue weighted by atomic mass is 9.80. The van der Waals surface area contributed by atoms with Crippen molar-refractivity contribution in [3.05, 3.63) is 57.7 Å². The summed E-state index contributed by atoms with van der Waals surface area (Å²) in [7, 11) is -2.06. The van der Waals surface area contributed by atoms with Crippen molar-refractivity contribution in [1.29, 1.82) is 0 Å². The first-order valence-corrected chi connectivity index (χ1v) is 12.4. The first kappa shape index (κ1) is 21.9. The van der Waals surface area contributed by atoms with Gasteiger partial charge in [-0.05, 0) is 65.2 Å². The highest BCUT2D eigenvalue weighted by Gasteiger charge is 2.48. The average molecular weight is 505 g/mol. The molecule has 0 amide bonds. The molecular weight excluding hydrogens is 480 g/mol. The number of hydrogen-bond acceptors (Lipinski definition) is 5. The third-order valence-electron chi connectivity index (χ3n) is 5.69. The molecule has 1 aliphatic rings. The van der Waals surface area contributed by atoms with Crippen LogP contribution < -0.4 is 14.2 Å². The van der Waals surface area contributed by atoms with E-state index in [9.17, 15) is 8.42 Å². The number of nitrogens with zero attached hydrogens (tertiary/aromatic N) is 1. The SMILES string of the molecule is COc1c2c(c(Br)c3ncccc13)OC(CS(=O)(=O)Nc1cc(C)cc(C)c1)C2(C)C. The van der Waals surface area contributed by atoms with Gasteiger partial charge < -0.3 is 9.47 Å². The van der Waals surface area contributed by atoms with Crippen molar-refractivity contribution in [3.8, 4) is 11.5 Å². The van der Waals surface area contributed by atoms with Crippen LogP contribution in [0.4, 0.5) is 5.69 Å². The largest absolute Gasteiger partial charge is 0.496 e. The number of sulfonamides is 1. The molecule has 0 fully saturated rings. The Labute approximate surface area is 191 Å². The Kier molecular flexibility index (Phi) is 5.42. The van der Waals surface area contributed by atoms with Gasteiger partial charge in [-0.25, -0.2) is 8.42 Å². The molecule has 0 spiro atoms. The third kappa shape index (κ3) is 3.87. The number of nitrogens with one attached hydrogen (secondary N) is 1. The first-order valence-electron chi connectivity index (χ1n) is 9.93. The fourth-order valence-corrected chi connectivity index (χ4v) is 6.32. The van der Waals surface area contributed by atoms with Gasteiger partial charge in [0.25, 0.3) is 0 Å². The van der Waals surface area contributed by atoms with Crippen molar-refractivity contribution in [1.82, 2.24) is 4.98 Å². The number of rotatable bonds is 5. The van der Waals surface area contributed by atoms with Crippen LogP contribution in [-0.2, 0) is 15.4 Å². The Morgan fingerprint density at radius 2 is 1.90 bits per heavy atom. The predicted molar refractivity (Wildman–Crippen MR) is 127 cm³/mol. The van der Waals surface area contributed by atoms with Crippen LogP contribution in [0.15, 0.2) is 41.0 Å². The number of aromatic nitrogens is 1. The summed E-state index contributed by atoms with van der Waals surface area (Å²) in [6.07, 6.45) is 1.10. The number of methoxy groups -OCH3 is 1. The van der Waals surface area contributed by atoms with Gasteiger partial charge in [0, 0.05) is 28.2 Å². The summed E-state index contributed by atoms with van der Waals surface area (Å²) in [6.45, 7) is 7.83. The molecule has 2 aromatic carbocycles. The van der Waals surface area contributed by atoms with Crippen LogP contribution in [0.25, 0.3) is 10.9 Å². The molecule has 0 saturated carbocycles. The number of anilines is 1. The highest BCUT2D eigenvalue weighted by atomic mass is 79.9. The molecule has 1 aromatic heterocycles. The van der Waals surface area contributed by atoms with Crippen LogP contribution in [-0.4, -0.2) is 32.4 Å². The lowest BCUT2D eigenvalue weighted by Gasteiger charge is -2.27. The van der Waals surface area contributed by atoms with Crippen molar-refractivity contribution in [2.24, 2.45) is 0 Å². The van der Waals surface area contributed by atoms with Crippen LogP contribution in [0.2, 0.25) is 0 Å². The van der Waals surface area contributed by atoms with Gasteiger partial charge in [0.05, 0.1) is 17.1 Å². The lowest BCUT2D eigenvalue weighted by molar-refractivity contribution is 0.187. The van der Waals surface area contributed by atoms with Gasteiger partial charge in [0.1, 0.15) is 23.4 Å². The number of benzene rings is 2. The van der Waals surface area contributed by atoms with Gasteiger partial charge in [0.15, 0.2) is 0 Å². The molecule has 2 heterocycles. The first-order chi connectivity index (χ1) is 14.5. The van der Waals surface area contributed by atoms with Crippen molar-refractivity contribution in [2.45, 2.75) is 39.2 Å². The zero-order valence-electron chi connectivity index (χ0n) is 18.1. The summed E-state index contributed by atoms with van der Waals surface area (Å²) in [4.78, 5) is 4.45. The monoisotopic (exact) mass is 504 g/mol. The van der Waals surface area contributed by atoms with E-state index in [0.29, 0.717) is 27.2 Å². The molecule has 0 bridgehead atoms. The lowest BCUT2D eigenvalue weighted by Crippen LogP contribution is -2.40. The maximum absolute atomic E-state index is 13.0. The van der Waals surface area contributed by atoms with Crippen molar-refractivity contribution in [2.75, 3.05) is 17.6 Å². The number of hydrogen-bond donors (Lipinski definition) is 1. The van der Waals surface area contributed by atoms with Crippen molar-refractivity contribution < 1.29 is 17.9 Å². The van der Waals surface area contributed by atoms with Crippen LogP contribution in [0.1, 0.15) is 30.5 Å². The zero-order chi connectivity index (χ0) is 22.6. The molecule has 164 valence electrons. The highest BCUT2D eigenvalue weighted by molar-refractivity contribution is 9.10.